The maximum absolute atomic E-state index is 13.9. The van der Waals surface area contributed by atoms with Crippen LogP contribution in [0.3, 0.4) is 0 Å². The zero-order valence-corrected chi connectivity index (χ0v) is 22.5. The molecule has 0 radical (unpaired) electrons. The van der Waals surface area contributed by atoms with E-state index in [1.807, 2.05) is 26.0 Å². The lowest BCUT2D eigenvalue weighted by molar-refractivity contribution is -0.141. The third-order valence-corrected chi connectivity index (χ3v) is 5.52. The van der Waals surface area contributed by atoms with Gasteiger partial charge in [0.15, 0.2) is 0 Å². The number of aryl methyl sites for hydroxylation is 1. The van der Waals surface area contributed by atoms with E-state index in [4.69, 9.17) is 16.9 Å². The van der Waals surface area contributed by atoms with Crippen LogP contribution in [-0.2, 0) is 19.1 Å². The summed E-state index contributed by atoms with van der Waals surface area (Å²) in [4.78, 5) is 53.5. The average Bonchev–Trinajstić information content (AvgIpc) is 2.83. The van der Waals surface area contributed by atoms with Crippen molar-refractivity contribution in [3.63, 3.8) is 0 Å². The number of hydrogen-bond donors (Lipinski definition) is 3. The van der Waals surface area contributed by atoms with Crippen LogP contribution in [0.4, 0.5) is 10.5 Å². The quantitative estimate of drug-likeness (QED) is 0.412. The van der Waals surface area contributed by atoms with Gasteiger partial charge < -0.3 is 26.0 Å². The fraction of sp³-hybridized carbons (Fsp3) is 0.379. The molecule has 2 rings (SSSR count). The molecular formula is C29H36N4O5. The lowest BCUT2D eigenvalue weighted by Crippen LogP contribution is -2.53. The number of carbonyl (C=O) groups is 4. The molecule has 0 bridgehead atoms. The summed E-state index contributed by atoms with van der Waals surface area (Å²) in [5.74, 6) is 0.601. The zero-order valence-electron chi connectivity index (χ0n) is 22.5. The number of nitrogens with one attached hydrogen (secondary N) is 2. The molecule has 0 aliphatic carbocycles. The Bertz CT molecular complexity index is 1210. The zero-order chi connectivity index (χ0) is 28.5. The Labute approximate surface area is 224 Å². The van der Waals surface area contributed by atoms with Crippen LogP contribution in [-0.4, -0.2) is 46.9 Å². The predicted molar refractivity (Wildman–Crippen MR) is 146 cm³/mol. The number of alkyl carbamates (subject to hydrolysis) is 1. The summed E-state index contributed by atoms with van der Waals surface area (Å²) in [6, 6.07) is 11.5. The van der Waals surface area contributed by atoms with Gasteiger partial charge >= 0.3 is 6.09 Å². The molecule has 0 saturated heterocycles. The van der Waals surface area contributed by atoms with E-state index in [0.717, 1.165) is 5.56 Å². The second-order valence-corrected chi connectivity index (χ2v) is 9.84. The minimum absolute atomic E-state index is 0.134. The highest BCUT2D eigenvalue weighted by molar-refractivity contribution is 6.00. The van der Waals surface area contributed by atoms with Gasteiger partial charge in [-0.1, -0.05) is 49.2 Å². The van der Waals surface area contributed by atoms with Crippen LogP contribution in [0.2, 0.25) is 0 Å². The number of nitrogens with zero attached hydrogens (tertiary/aromatic N) is 1. The van der Waals surface area contributed by atoms with Crippen molar-refractivity contribution in [1.29, 1.82) is 0 Å². The molecule has 2 aromatic rings. The molecule has 0 fully saturated rings. The molecule has 0 aliphatic heterocycles. The van der Waals surface area contributed by atoms with Crippen molar-refractivity contribution in [2.24, 2.45) is 5.73 Å². The molecule has 2 aromatic carbocycles. The minimum Gasteiger partial charge on any atom is -0.444 e. The van der Waals surface area contributed by atoms with E-state index in [1.165, 1.54) is 4.90 Å². The largest absolute Gasteiger partial charge is 0.444 e. The van der Waals surface area contributed by atoms with Gasteiger partial charge in [0.05, 0.1) is 6.42 Å². The monoisotopic (exact) mass is 520 g/mol. The standard InChI is InChI=1S/C29H36N4O5/c1-7-17-33(27(36)23(18-24(30)34)32-28(37)38-29(4,5)6)25(21-15-11-10-14-20(21)8-2)26(35)31-22-16-12-9-13-19(22)3/h2,9-16,23,25H,7,17-18H2,1,3-6H3,(H2,30,34)(H,31,35)(H,32,37). The molecular weight excluding hydrogens is 484 g/mol. The number of carbonyl (C=O) groups excluding carboxylic acids is 4. The maximum atomic E-state index is 13.9. The number of hydrogen-bond acceptors (Lipinski definition) is 5. The highest BCUT2D eigenvalue weighted by Crippen LogP contribution is 2.28. The number of anilines is 1. The number of benzene rings is 2. The van der Waals surface area contributed by atoms with Gasteiger partial charge in [0, 0.05) is 17.8 Å². The van der Waals surface area contributed by atoms with Gasteiger partial charge in [-0.2, -0.15) is 0 Å². The van der Waals surface area contributed by atoms with Gasteiger partial charge in [0.1, 0.15) is 17.7 Å². The first kappa shape index (κ1) is 29.9. The molecule has 9 heteroatoms. The Morgan fingerprint density at radius 1 is 1.08 bits per heavy atom. The van der Waals surface area contributed by atoms with Gasteiger partial charge in [-0.05, 0) is 57.4 Å². The first-order chi connectivity index (χ1) is 17.9. The van der Waals surface area contributed by atoms with E-state index in [9.17, 15) is 19.2 Å². The summed E-state index contributed by atoms with van der Waals surface area (Å²) in [6.07, 6.45) is 4.85. The topological polar surface area (TPSA) is 131 Å². The van der Waals surface area contributed by atoms with E-state index in [2.05, 4.69) is 16.6 Å². The normalized spacial score (nSPS) is 12.4. The molecule has 0 aliphatic rings. The number of rotatable bonds is 10. The van der Waals surface area contributed by atoms with Crippen molar-refractivity contribution in [3.8, 4) is 12.3 Å². The molecule has 0 saturated carbocycles. The van der Waals surface area contributed by atoms with Crippen molar-refractivity contribution < 1.29 is 23.9 Å². The summed E-state index contributed by atoms with van der Waals surface area (Å²) >= 11 is 0. The highest BCUT2D eigenvalue weighted by Gasteiger charge is 2.37. The predicted octanol–water partition coefficient (Wildman–Crippen LogP) is 3.66. The van der Waals surface area contributed by atoms with Crippen LogP contribution < -0.4 is 16.4 Å². The number of ether oxygens (including phenoxy) is 1. The first-order valence-corrected chi connectivity index (χ1v) is 12.4. The molecule has 2 atom stereocenters. The fourth-order valence-electron chi connectivity index (χ4n) is 3.89. The fourth-order valence-corrected chi connectivity index (χ4v) is 3.89. The van der Waals surface area contributed by atoms with E-state index in [-0.39, 0.29) is 6.54 Å². The Kier molecular flexibility index (Phi) is 10.5. The van der Waals surface area contributed by atoms with Crippen molar-refractivity contribution >= 4 is 29.5 Å². The average molecular weight is 521 g/mol. The molecule has 0 spiro atoms. The number of amides is 4. The van der Waals surface area contributed by atoms with Crippen molar-refractivity contribution in [3.05, 3.63) is 65.2 Å². The molecule has 4 amide bonds. The molecule has 0 heterocycles. The smallest absolute Gasteiger partial charge is 0.408 e. The van der Waals surface area contributed by atoms with Crippen LogP contribution >= 0.6 is 0 Å². The Morgan fingerprint density at radius 3 is 2.29 bits per heavy atom. The molecule has 4 N–H and O–H groups in total. The minimum atomic E-state index is -1.36. The van der Waals surface area contributed by atoms with Crippen LogP contribution in [0.5, 0.6) is 0 Å². The van der Waals surface area contributed by atoms with Crippen molar-refractivity contribution in [2.75, 3.05) is 11.9 Å². The van der Waals surface area contributed by atoms with Crippen LogP contribution in [0.15, 0.2) is 48.5 Å². The van der Waals surface area contributed by atoms with E-state index in [1.54, 1.807) is 57.2 Å². The lowest BCUT2D eigenvalue weighted by Gasteiger charge is -2.34. The SMILES string of the molecule is C#Cc1ccccc1C(C(=O)Nc1ccccc1C)N(CCC)C(=O)C(CC(N)=O)NC(=O)OC(C)(C)C. The molecule has 9 nitrogen and oxygen atoms in total. The third-order valence-electron chi connectivity index (χ3n) is 5.52. The number of nitrogens with two attached hydrogens (primary N) is 1. The summed E-state index contributed by atoms with van der Waals surface area (Å²) in [5, 5.41) is 5.35. The van der Waals surface area contributed by atoms with Gasteiger partial charge in [0.25, 0.3) is 5.91 Å². The third kappa shape index (κ3) is 8.37. The molecule has 38 heavy (non-hydrogen) atoms. The second-order valence-electron chi connectivity index (χ2n) is 9.84. The number of primary amides is 1. The first-order valence-electron chi connectivity index (χ1n) is 12.4. The van der Waals surface area contributed by atoms with E-state index in [0.29, 0.717) is 23.2 Å². The van der Waals surface area contributed by atoms with Crippen LogP contribution in [0.25, 0.3) is 0 Å². The summed E-state index contributed by atoms with van der Waals surface area (Å²) in [7, 11) is 0. The molecule has 202 valence electrons. The van der Waals surface area contributed by atoms with Crippen LogP contribution in [0, 0.1) is 19.3 Å². The Hall–Kier alpha value is -4.32. The van der Waals surface area contributed by atoms with Gasteiger partial charge in [0.2, 0.25) is 11.8 Å². The summed E-state index contributed by atoms with van der Waals surface area (Å²) in [6.45, 7) is 8.84. The highest BCUT2D eigenvalue weighted by atomic mass is 16.6. The lowest BCUT2D eigenvalue weighted by atomic mass is 9.96. The van der Waals surface area contributed by atoms with Gasteiger partial charge in [-0.25, -0.2) is 4.79 Å². The van der Waals surface area contributed by atoms with Gasteiger partial charge in [-0.15, -0.1) is 6.42 Å². The van der Waals surface area contributed by atoms with Crippen molar-refractivity contribution in [1.82, 2.24) is 10.2 Å². The summed E-state index contributed by atoms with van der Waals surface area (Å²) < 4.78 is 5.28. The Balaban J connectivity index is 2.58. The number of terminal acetylenes is 1. The second kappa shape index (κ2) is 13.3. The van der Waals surface area contributed by atoms with E-state index < -0.39 is 47.9 Å². The van der Waals surface area contributed by atoms with Crippen LogP contribution in [0.1, 0.15) is 63.3 Å². The summed E-state index contributed by atoms with van der Waals surface area (Å²) in [5.41, 5.74) is 6.84. The number of para-hydroxylation sites is 1. The Morgan fingerprint density at radius 2 is 1.71 bits per heavy atom. The molecule has 2 unspecified atom stereocenters. The molecule has 0 aromatic heterocycles. The van der Waals surface area contributed by atoms with Crippen molar-refractivity contribution in [2.45, 2.75) is 65.1 Å². The maximum Gasteiger partial charge on any atom is 0.408 e. The van der Waals surface area contributed by atoms with E-state index >= 15 is 0 Å². The van der Waals surface area contributed by atoms with Gasteiger partial charge in [-0.3, -0.25) is 14.4 Å².